The summed E-state index contributed by atoms with van der Waals surface area (Å²) in [5.41, 5.74) is 1.42. The minimum absolute atomic E-state index is 0.0978. The summed E-state index contributed by atoms with van der Waals surface area (Å²) in [4.78, 5) is 10.4. The molecule has 0 aromatic heterocycles. The zero-order valence-corrected chi connectivity index (χ0v) is 20.3. The molecule has 3 aromatic rings. The van der Waals surface area contributed by atoms with E-state index in [1.165, 1.54) is 18.2 Å². The van der Waals surface area contributed by atoms with Crippen LogP contribution >= 0.6 is 0 Å². The molecule has 1 aliphatic carbocycles. The van der Waals surface area contributed by atoms with Gasteiger partial charge < -0.3 is 4.74 Å². The Bertz CT molecular complexity index is 1390. The molecule has 1 N–H and O–H groups in total. The van der Waals surface area contributed by atoms with Crippen molar-refractivity contribution in [2.75, 3.05) is 4.72 Å². The number of non-ortho nitro benzene ring substituents is 1. The molecule has 34 heavy (non-hydrogen) atoms. The molecule has 0 spiro atoms. The maximum Gasteiger partial charge on any atom is 0.270 e. The Labute approximate surface area is 199 Å². The number of benzene rings is 3. The number of anilines is 1. The molecule has 0 bridgehead atoms. The first-order valence-electron chi connectivity index (χ1n) is 11.5. The Morgan fingerprint density at radius 3 is 2.47 bits per heavy atom. The van der Waals surface area contributed by atoms with Crippen LogP contribution in [0.2, 0.25) is 0 Å². The van der Waals surface area contributed by atoms with Crippen LogP contribution in [-0.2, 0) is 10.0 Å². The van der Waals surface area contributed by atoms with Crippen LogP contribution < -0.4 is 9.46 Å². The molecule has 7 nitrogen and oxygen atoms in total. The average molecular weight is 481 g/mol. The van der Waals surface area contributed by atoms with Gasteiger partial charge in [-0.1, -0.05) is 51.1 Å². The normalized spacial score (nSPS) is 22.0. The highest BCUT2D eigenvalue weighted by atomic mass is 32.2. The van der Waals surface area contributed by atoms with Crippen LogP contribution in [-0.4, -0.2) is 19.4 Å². The molecule has 0 unspecified atom stereocenters. The van der Waals surface area contributed by atoms with E-state index in [4.69, 9.17) is 4.74 Å². The summed E-state index contributed by atoms with van der Waals surface area (Å²) in [6, 6.07) is 14.6. The fourth-order valence-electron chi connectivity index (χ4n) is 5.38. The smallest absolute Gasteiger partial charge is 0.270 e. The summed E-state index contributed by atoms with van der Waals surface area (Å²) in [6.45, 7) is 6.81. The summed E-state index contributed by atoms with van der Waals surface area (Å²) in [5.74, 6) is 1.61. The Morgan fingerprint density at radius 1 is 1.03 bits per heavy atom. The van der Waals surface area contributed by atoms with Crippen molar-refractivity contribution < 1.29 is 18.1 Å². The highest BCUT2D eigenvalue weighted by Gasteiger charge is 2.43. The molecule has 0 amide bonds. The molecule has 5 rings (SSSR count). The number of nitro benzene ring substituents is 1. The van der Waals surface area contributed by atoms with Gasteiger partial charge in [-0.3, -0.25) is 14.8 Å². The molecule has 1 fully saturated rings. The molecule has 3 aromatic carbocycles. The van der Waals surface area contributed by atoms with Crippen LogP contribution in [0.25, 0.3) is 10.8 Å². The monoisotopic (exact) mass is 480 g/mol. The van der Waals surface area contributed by atoms with E-state index in [1.807, 2.05) is 30.3 Å². The summed E-state index contributed by atoms with van der Waals surface area (Å²) >= 11 is 0. The molecule has 178 valence electrons. The van der Waals surface area contributed by atoms with E-state index in [9.17, 15) is 18.5 Å². The van der Waals surface area contributed by atoms with Gasteiger partial charge in [0.05, 0.1) is 15.5 Å². The average Bonchev–Trinajstić information content (AvgIpc) is 3.16. The van der Waals surface area contributed by atoms with Crippen molar-refractivity contribution in [3.05, 3.63) is 70.3 Å². The van der Waals surface area contributed by atoms with Gasteiger partial charge in [-0.15, -0.1) is 0 Å². The van der Waals surface area contributed by atoms with Crippen LogP contribution in [0.5, 0.6) is 5.75 Å². The van der Waals surface area contributed by atoms with Gasteiger partial charge in [-0.25, -0.2) is 8.42 Å². The number of rotatable bonds is 4. The summed E-state index contributed by atoms with van der Waals surface area (Å²) in [6.07, 6.45) is 3.18. The number of hydrogen-bond donors (Lipinski definition) is 1. The number of fused-ring (bicyclic) bond motifs is 5. The van der Waals surface area contributed by atoms with Gasteiger partial charge in [-0.05, 0) is 42.7 Å². The molecule has 1 saturated carbocycles. The first-order chi connectivity index (χ1) is 16.0. The van der Waals surface area contributed by atoms with Gasteiger partial charge in [0.15, 0.2) is 0 Å². The zero-order chi connectivity index (χ0) is 24.3. The maximum atomic E-state index is 13.2. The predicted molar refractivity (Wildman–Crippen MR) is 132 cm³/mol. The highest BCUT2D eigenvalue weighted by molar-refractivity contribution is 7.92. The van der Waals surface area contributed by atoms with E-state index in [1.54, 1.807) is 0 Å². The van der Waals surface area contributed by atoms with Gasteiger partial charge in [0.2, 0.25) is 0 Å². The third-order valence-electron chi connectivity index (χ3n) is 7.29. The van der Waals surface area contributed by atoms with Crippen LogP contribution in [0.1, 0.15) is 51.5 Å². The van der Waals surface area contributed by atoms with E-state index < -0.39 is 14.9 Å². The van der Waals surface area contributed by atoms with Crippen molar-refractivity contribution in [1.82, 2.24) is 0 Å². The van der Waals surface area contributed by atoms with E-state index in [2.05, 4.69) is 25.5 Å². The SMILES string of the molecule is CC(C)(C)[C@@H]1CC[C@@H]2Oc3c(cc(NS(=O)(=O)c4cccc([N+](=O)[O-])c4)c4ccccc34)[C@@H]2C1. The largest absolute Gasteiger partial charge is 0.489 e. The van der Waals surface area contributed by atoms with Crippen molar-refractivity contribution in [2.24, 2.45) is 11.3 Å². The Kier molecular flexibility index (Phi) is 5.31. The first-order valence-corrected chi connectivity index (χ1v) is 13.0. The fraction of sp³-hybridized carbons (Fsp3) is 0.385. The molecular formula is C26H28N2O5S. The lowest BCUT2D eigenvalue weighted by Crippen LogP contribution is -2.33. The van der Waals surface area contributed by atoms with Crippen molar-refractivity contribution in [3.8, 4) is 5.75 Å². The minimum Gasteiger partial charge on any atom is -0.489 e. The van der Waals surface area contributed by atoms with E-state index in [-0.39, 0.29) is 28.0 Å². The third-order valence-corrected chi connectivity index (χ3v) is 8.65. The van der Waals surface area contributed by atoms with Crippen molar-refractivity contribution >= 4 is 32.2 Å². The topological polar surface area (TPSA) is 98.5 Å². The Hall–Kier alpha value is -3.13. The third kappa shape index (κ3) is 3.90. The molecule has 1 heterocycles. The standard InChI is InChI=1S/C26H28N2O5S/c1-26(2,3)16-11-12-24-21(13-16)22-15-23(19-9-4-5-10-20(19)25(22)33-24)27-34(31,32)18-8-6-7-17(14-18)28(29)30/h4-10,14-16,21,24,27H,11-13H2,1-3H3/t16-,21+,24+/m1/s1. The van der Waals surface area contributed by atoms with Crippen molar-refractivity contribution in [1.29, 1.82) is 0 Å². The number of nitro groups is 1. The lowest BCUT2D eigenvalue weighted by molar-refractivity contribution is -0.385. The molecule has 1 aliphatic heterocycles. The van der Waals surface area contributed by atoms with Gasteiger partial charge in [0, 0.05) is 34.4 Å². The zero-order valence-electron chi connectivity index (χ0n) is 19.4. The van der Waals surface area contributed by atoms with Gasteiger partial charge in [0.25, 0.3) is 15.7 Å². The van der Waals surface area contributed by atoms with Crippen LogP contribution in [0.15, 0.2) is 59.5 Å². The number of nitrogens with zero attached hydrogens (tertiary/aromatic N) is 1. The van der Waals surface area contributed by atoms with E-state index in [0.29, 0.717) is 11.6 Å². The summed E-state index contributed by atoms with van der Waals surface area (Å²) in [7, 11) is -4.04. The fourth-order valence-corrected chi connectivity index (χ4v) is 6.49. The first kappa shape index (κ1) is 22.7. The summed E-state index contributed by atoms with van der Waals surface area (Å²) < 4.78 is 35.6. The van der Waals surface area contributed by atoms with Crippen LogP contribution in [0.3, 0.4) is 0 Å². The van der Waals surface area contributed by atoms with Crippen LogP contribution in [0, 0.1) is 21.4 Å². The molecule has 3 atom stereocenters. The second-order valence-electron chi connectivity index (χ2n) is 10.4. The lowest BCUT2D eigenvalue weighted by atomic mass is 9.67. The highest BCUT2D eigenvalue weighted by Crippen LogP contribution is 2.54. The van der Waals surface area contributed by atoms with E-state index >= 15 is 0 Å². The van der Waals surface area contributed by atoms with Gasteiger partial charge >= 0.3 is 0 Å². The maximum absolute atomic E-state index is 13.2. The molecule has 8 heteroatoms. The molecule has 2 aliphatic rings. The Balaban J connectivity index is 1.58. The van der Waals surface area contributed by atoms with Crippen molar-refractivity contribution in [2.45, 2.75) is 57.0 Å². The second-order valence-corrected chi connectivity index (χ2v) is 12.1. The predicted octanol–water partition coefficient (Wildman–Crippen LogP) is 6.24. The van der Waals surface area contributed by atoms with E-state index in [0.717, 1.165) is 47.4 Å². The Morgan fingerprint density at radius 2 is 1.76 bits per heavy atom. The number of hydrogen-bond acceptors (Lipinski definition) is 5. The van der Waals surface area contributed by atoms with Gasteiger partial charge in [0.1, 0.15) is 11.9 Å². The number of nitrogens with one attached hydrogen (secondary N) is 1. The molecule has 0 radical (unpaired) electrons. The summed E-state index contributed by atoms with van der Waals surface area (Å²) in [5, 5.41) is 12.8. The van der Waals surface area contributed by atoms with Gasteiger partial charge in [-0.2, -0.15) is 0 Å². The van der Waals surface area contributed by atoms with Crippen molar-refractivity contribution in [3.63, 3.8) is 0 Å². The number of sulfonamides is 1. The quantitative estimate of drug-likeness (QED) is 0.352. The van der Waals surface area contributed by atoms with Crippen LogP contribution in [0.4, 0.5) is 11.4 Å². The minimum atomic E-state index is -4.04. The number of ether oxygens (including phenoxy) is 1. The molecular weight excluding hydrogens is 452 g/mol. The second kappa shape index (κ2) is 7.98. The molecule has 0 saturated heterocycles. The lowest BCUT2D eigenvalue weighted by Gasteiger charge is -2.38.